The van der Waals surface area contributed by atoms with E-state index in [9.17, 15) is 4.79 Å². The summed E-state index contributed by atoms with van der Waals surface area (Å²) in [7, 11) is 1.76. The van der Waals surface area contributed by atoms with Crippen molar-refractivity contribution in [3.8, 4) is 17.2 Å². The predicted octanol–water partition coefficient (Wildman–Crippen LogP) is 1.64. The molecule has 1 saturated heterocycles. The van der Waals surface area contributed by atoms with Crippen molar-refractivity contribution in [1.82, 2.24) is 10.2 Å². The molecule has 2 heterocycles. The van der Waals surface area contributed by atoms with Crippen LogP contribution in [0.15, 0.2) is 23.2 Å². The Balaban J connectivity index is 1.39. The Bertz CT molecular complexity index is 671. The molecule has 1 aromatic rings. The van der Waals surface area contributed by atoms with Crippen LogP contribution < -0.4 is 19.5 Å². The van der Waals surface area contributed by atoms with Gasteiger partial charge < -0.3 is 29.2 Å². The van der Waals surface area contributed by atoms with Crippen LogP contribution >= 0.6 is 0 Å². The molecule has 1 aromatic carbocycles. The molecule has 0 bridgehead atoms. The summed E-state index contributed by atoms with van der Waals surface area (Å²) >= 11 is 0. The summed E-state index contributed by atoms with van der Waals surface area (Å²) in [6.07, 6.45) is 1.57. The van der Waals surface area contributed by atoms with E-state index in [1.54, 1.807) is 7.05 Å². The maximum Gasteiger partial charge on any atom is 0.309 e. The topological polar surface area (TPSA) is 81.6 Å². The Morgan fingerprint density at radius 3 is 2.81 bits per heavy atom. The number of carbonyl (C=O) groups excluding carboxylic acids is 1. The third-order valence-electron chi connectivity index (χ3n) is 4.62. The van der Waals surface area contributed by atoms with E-state index in [2.05, 4.69) is 15.2 Å². The molecule has 148 valence electrons. The zero-order valence-corrected chi connectivity index (χ0v) is 15.9. The number of carbonyl (C=O) groups is 1. The highest BCUT2D eigenvalue weighted by Crippen LogP contribution is 2.34. The van der Waals surface area contributed by atoms with Gasteiger partial charge in [-0.2, -0.15) is 0 Å². The van der Waals surface area contributed by atoms with Crippen molar-refractivity contribution in [1.29, 1.82) is 0 Å². The molecule has 2 aliphatic rings. The maximum absolute atomic E-state index is 11.8. The largest absolute Gasteiger partial charge is 0.492 e. The first-order valence-corrected chi connectivity index (χ1v) is 9.36. The second-order valence-corrected chi connectivity index (χ2v) is 6.35. The third kappa shape index (κ3) is 4.96. The van der Waals surface area contributed by atoms with Crippen LogP contribution in [0.3, 0.4) is 0 Å². The zero-order chi connectivity index (χ0) is 19.1. The Kier molecular flexibility index (Phi) is 6.62. The minimum absolute atomic E-state index is 0.00588. The first-order chi connectivity index (χ1) is 13.2. The fourth-order valence-electron chi connectivity index (χ4n) is 3.22. The van der Waals surface area contributed by atoms with Crippen LogP contribution in [0.25, 0.3) is 0 Å². The fraction of sp³-hybridized carbons (Fsp3) is 0.579. The summed E-state index contributed by atoms with van der Waals surface area (Å²) in [6.45, 7) is 5.22. The van der Waals surface area contributed by atoms with Crippen LogP contribution in [0.2, 0.25) is 0 Å². The molecule has 8 nitrogen and oxygen atoms in total. The van der Waals surface area contributed by atoms with Gasteiger partial charge >= 0.3 is 5.97 Å². The van der Waals surface area contributed by atoms with Gasteiger partial charge in [0.15, 0.2) is 17.5 Å². The number of hydrogen-bond acceptors (Lipinski definition) is 6. The lowest BCUT2D eigenvalue weighted by Gasteiger charge is -2.33. The average Bonchev–Trinajstić information content (AvgIpc) is 3.16. The van der Waals surface area contributed by atoms with Crippen molar-refractivity contribution < 1.29 is 23.7 Å². The lowest BCUT2D eigenvalue weighted by Crippen LogP contribution is -2.47. The van der Waals surface area contributed by atoms with Gasteiger partial charge in [-0.05, 0) is 31.9 Å². The van der Waals surface area contributed by atoms with E-state index in [1.807, 2.05) is 25.1 Å². The second kappa shape index (κ2) is 9.34. The molecule has 3 rings (SSSR count). The average molecular weight is 377 g/mol. The number of benzene rings is 1. The molecule has 0 unspecified atom stereocenters. The van der Waals surface area contributed by atoms with E-state index in [4.69, 9.17) is 18.9 Å². The monoisotopic (exact) mass is 377 g/mol. The third-order valence-corrected chi connectivity index (χ3v) is 4.62. The van der Waals surface area contributed by atoms with E-state index < -0.39 is 0 Å². The molecule has 0 spiro atoms. The minimum Gasteiger partial charge on any atom is -0.492 e. The van der Waals surface area contributed by atoms with Crippen LogP contribution in [0.4, 0.5) is 0 Å². The van der Waals surface area contributed by atoms with Gasteiger partial charge in [0.1, 0.15) is 12.4 Å². The zero-order valence-electron chi connectivity index (χ0n) is 15.9. The first kappa shape index (κ1) is 19.1. The minimum atomic E-state index is -0.0859. The number of nitrogens with zero attached hydrogens (tertiary/aromatic N) is 2. The number of piperidine rings is 1. The van der Waals surface area contributed by atoms with Gasteiger partial charge in [-0.3, -0.25) is 9.79 Å². The molecule has 2 aliphatic heterocycles. The van der Waals surface area contributed by atoms with Gasteiger partial charge in [-0.25, -0.2) is 0 Å². The first-order valence-electron chi connectivity index (χ1n) is 9.36. The molecule has 1 fully saturated rings. The number of rotatable bonds is 6. The van der Waals surface area contributed by atoms with Crippen molar-refractivity contribution in [2.45, 2.75) is 19.8 Å². The summed E-state index contributed by atoms with van der Waals surface area (Å²) in [4.78, 5) is 18.3. The van der Waals surface area contributed by atoms with Crippen molar-refractivity contribution >= 4 is 11.9 Å². The van der Waals surface area contributed by atoms with Gasteiger partial charge in [-0.15, -0.1) is 0 Å². The highest BCUT2D eigenvalue weighted by molar-refractivity contribution is 5.80. The highest BCUT2D eigenvalue weighted by Gasteiger charge is 2.27. The molecule has 0 amide bonds. The summed E-state index contributed by atoms with van der Waals surface area (Å²) in [6, 6.07) is 5.54. The standard InChI is InChI=1S/C19H27N3O5/c1-3-24-18(23)14-6-9-22(10-7-14)19(20-2)21-8-11-25-15-4-5-16-17(12-15)27-13-26-16/h4-5,12,14H,3,6-11,13H2,1-2H3,(H,20,21). The number of fused-ring (bicyclic) bond motifs is 1. The molecule has 0 aliphatic carbocycles. The molecule has 0 aromatic heterocycles. The summed E-state index contributed by atoms with van der Waals surface area (Å²) in [5.41, 5.74) is 0. The van der Waals surface area contributed by atoms with E-state index in [0.717, 1.165) is 43.4 Å². The van der Waals surface area contributed by atoms with E-state index >= 15 is 0 Å². The highest BCUT2D eigenvalue weighted by atomic mass is 16.7. The molecule has 0 saturated carbocycles. The number of ether oxygens (including phenoxy) is 4. The SMILES string of the molecule is CCOC(=O)C1CCN(C(=NC)NCCOc2ccc3c(c2)OCO3)CC1. The number of nitrogens with one attached hydrogen (secondary N) is 1. The number of hydrogen-bond donors (Lipinski definition) is 1. The Labute approximate surface area is 159 Å². The van der Waals surface area contributed by atoms with Gasteiger partial charge in [-0.1, -0.05) is 0 Å². The maximum atomic E-state index is 11.8. The Morgan fingerprint density at radius 2 is 2.07 bits per heavy atom. The lowest BCUT2D eigenvalue weighted by molar-refractivity contribution is -0.149. The van der Waals surface area contributed by atoms with Gasteiger partial charge in [0, 0.05) is 26.2 Å². The van der Waals surface area contributed by atoms with Crippen LogP contribution in [0.5, 0.6) is 17.2 Å². The van der Waals surface area contributed by atoms with Gasteiger partial charge in [0.25, 0.3) is 0 Å². The van der Waals surface area contributed by atoms with Crippen molar-refractivity contribution in [2.24, 2.45) is 10.9 Å². The number of likely N-dealkylation sites (tertiary alicyclic amines) is 1. The fourth-order valence-corrected chi connectivity index (χ4v) is 3.22. The summed E-state index contributed by atoms with van der Waals surface area (Å²) < 4.78 is 21.5. The molecular formula is C19H27N3O5. The van der Waals surface area contributed by atoms with E-state index in [0.29, 0.717) is 25.5 Å². The summed E-state index contributed by atoms with van der Waals surface area (Å²) in [5, 5.41) is 3.31. The van der Waals surface area contributed by atoms with Crippen LogP contribution in [0, 0.1) is 5.92 Å². The summed E-state index contributed by atoms with van der Waals surface area (Å²) in [5.74, 6) is 2.93. The van der Waals surface area contributed by atoms with Crippen LogP contribution in [-0.4, -0.2) is 63.5 Å². The quantitative estimate of drug-likeness (QED) is 0.349. The van der Waals surface area contributed by atoms with Crippen LogP contribution in [0.1, 0.15) is 19.8 Å². The lowest BCUT2D eigenvalue weighted by atomic mass is 9.97. The van der Waals surface area contributed by atoms with E-state index in [1.165, 1.54) is 0 Å². The molecule has 8 heteroatoms. The molecule has 1 N–H and O–H groups in total. The smallest absolute Gasteiger partial charge is 0.309 e. The second-order valence-electron chi connectivity index (χ2n) is 6.35. The van der Waals surface area contributed by atoms with Crippen LogP contribution in [-0.2, 0) is 9.53 Å². The Morgan fingerprint density at radius 1 is 1.30 bits per heavy atom. The molecule has 0 radical (unpaired) electrons. The van der Waals surface area contributed by atoms with Gasteiger partial charge in [0.05, 0.1) is 19.1 Å². The van der Waals surface area contributed by atoms with E-state index in [-0.39, 0.29) is 18.7 Å². The molecular weight excluding hydrogens is 350 g/mol. The molecule has 27 heavy (non-hydrogen) atoms. The van der Waals surface area contributed by atoms with Crippen molar-refractivity contribution in [3.63, 3.8) is 0 Å². The Hall–Kier alpha value is -2.64. The normalized spacial score (nSPS) is 17.0. The van der Waals surface area contributed by atoms with Crippen molar-refractivity contribution in [3.05, 3.63) is 18.2 Å². The number of aliphatic imine (C=N–C) groups is 1. The molecule has 0 atom stereocenters. The number of esters is 1. The van der Waals surface area contributed by atoms with Crippen molar-refractivity contribution in [2.75, 3.05) is 46.7 Å². The number of guanidine groups is 1. The van der Waals surface area contributed by atoms with Gasteiger partial charge in [0.2, 0.25) is 6.79 Å². The predicted molar refractivity (Wildman–Crippen MR) is 100 cm³/mol.